The number of aliphatic hydroxyl groups excluding tert-OH is 1. The molecule has 0 radical (unpaired) electrons. The van der Waals surface area contributed by atoms with Gasteiger partial charge in [-0.05, 0) is 13.8 Å². The van der Waals surface area contributed by atoms with Crippen LogP contribution in [0.15, 0.2) is 0 Å². The third-order valence-electron chi connectivity index (χ3n) is 1.53. The van der Waals surface area contributed by atoms with E-state index in [4.69, 9.17) is 10.2 Å². The van der Waals surface area contributed by atoms with Crippen molar-refractivity contribution in [1.82, 2.24) is 4.90 Å². The quantitative estimate of drug-likeness (QED) is 0.350. The lowest BCUT2D eigenvalue weighted by Gasteiger charge is -2.05. The number of nitrogens with zero attached hydrogens (tertiary/aromatic N) is 1. The number of carbonyl (C=O) groups excluding carboxylic acids is 1. The highest BCUT2D eigenvalue weighted by atomic mass is 16.5. The van der Waals surface area contributed by atoms with Crippen LogP contribution in [0.1, 0.15) is 13.8 Å². The van der Waals surface area contributed by atoms with Crippen molar-refractivity contribution in [3.05, 3.63) is 0 Å². The van der Waals surface area contributed by atoms with Crippen LogP contribution >= 0.6 is 0 Å². The number of amides is 1. The fourth-order valence-corrected chi connectivity index (χ4v) is 0.804. The lowest BCUT2D eigenvalue weighted by Crippen LogP contribution is -2.22. The van der Waals surface area contributed by atoms with E-state index < -0.39 is 12.0 Å². The standard InChI is InChI=1S/C5H9NO3/c1-5(2)3(7)6(5)4(8)9/h4,8-9H,1-2H3. The van der Waals surface area contributed by atoms with E-state index in [2.05, 4.69) is 0 Å². The van der Waals surface area contributed by atoms with E-state index in [1.165, 1.54) is 0 Å². The summed E-state index contributed by atoms with van der Waals surface area (Å²) in [5.41, 5.74) is -0.659. The average Bonchev–Trinajstić information content (AvgIpc) is 2.07. The molecule has 9 heavy (non-hydrogen) atoms. The van der Waals surface area contributed by atoms with Gasteiger partial charge in [-0.1, -0.05) is 0 Å². The van der Waals surface area contributed by atoms with Gasteiger partial charge in [0.1, 0.15) is 5.54 Å². The zero-order valence-corrected chi connectivity index (χ0v) is 5.33. The second-order valence-corrected chi connectivity index (χ2v) is 2.58. The summed E-state index contributed by atoms with van der Waals surface area (Å²) in [4.78, 5) is 11.6. The Morgan fingerprint density at radius 3 is 1.89 bits per heavy atom. The van der Waals surface area contributed by atoms with Crippen molar-refractivity contribution in [3.8, 4) is 0 Å². The maximum absolute atomic E-state index is 10.6. The molecular weight excluding hydrogens is 122 g/mol. The first-order valence-corrected chi connectivity index (χ1v) is 2.68. The smallest absolute Gasteiger partial charge is 0.252 e. The summed E-state index contributed by atoms with van der Waals surface area (Å²) in [7, 11) is 0. The van der Waals surface area contributed by atoms with Crippen LogP contribution in [0.2, 0.25) is 0 Å². The van der Waals surface area contributed by atoms with E-state index in [1.54, 1.807) is 13.8 Å². The zero-order valence-electron chi connectivity index (χ0n) is 5.33. The van der Waals surface area contributed by atoms with Gasteiger partial charge in [-0.2, -0.15) is 0 Å². The second-order valence-electron chi connectivity index (χ2n) is 2.58. The van der Waals surface area contributed by atoms with Crippen LogP contribution in [0, 0.1) is 0 Å². The van der Waals surface area contributed by atoms with Crippen molar-refractivity contribution in [2.45, 2.75) is 25.8 Å². The Balaban J connectivity index is 2.63. The molecule has 4 nitrogen and oxygen atoms in total. The minimum Gasteiger partial charge on any atom is -0.351 e. The predicted molar refractivity (Wildman–Crippen MR) is 29.2 cm³/mol. The molecule has 0 aliphatic carbocycles. The third kappa shape index (κ3) is 0.710. The largest absolute Gasteiger partial charge is 0.351 e. The molecule has 52 valence electrons. The fraction of sp³-hybridized carbons (Fsp3) is 0.800. The summed E-state index contributed by atoms with van der Waals surface area (Å²) < 4.78 is 0. The van der Waals surface area contributed by atoms with Crippen LogP contribution in [0.5, 0.6) is 0 Å². The summed E-state index contributed by atoms with van der Waals surface area (Å²) in [5.74, 6) is -0.225. The Kier molecular flexibility index (Phi) is 1.05. The van der Waals surface area contributed by atoms with Crippen molar-refractivity contribution in [3.63, 3.8) is 0 Å². The van der Waals surface area contributed by atoms with Crippen molar-refractivity contribution >= 4 is 5.91 Å². The molecule has 0 saturated carbocycles. The summed E-state index contributed by atoms with van der Waals surface area (Å²) in [6.45, 7) is 3.27. The van der Waals surface area contributed by atoms with Crippen molar-refractivity contribution in [2.24, 2.45) is 0 Å². The van der Waals surface area contributed by atoms with E-state index in [-0.39, 0.29) is 5.91 Å². The number of aliphatic hydroxyl groups is 2. The number of hydrogen-bond acceptors (Lipinski definition) is 3. The Morgan fingerprint density at radius 1 is 1.56 bits per heavy atom. The minimum absolute atomic E-state index is 0.225. The van der Waals surface area contributed by atoms with Gasteiger partial charge >= 0.3 is 0 Å². The Bertz CT molecular complexity index is 152. The van der Waals surface area contributed by atoms with Crippen LogP contribution < -0.4 is 0 Å². The molecule has 0 aromatic carbocycles. The Labute approximate surface area is 52.7 Å². The minimum atomic E-state index is -1.63. The van der Waals surface area contributed by atoms with Gasteiger partial charge in [-0.3, -0.25) is 9.69 Å². The lowest BCUT2D eigenvalue weighted by molar-refractivity contribution is -0.139. The van der Waals surface area contributed by atoms with Gasteiger partial charge in [0.25, 0.3) is 5.91 Å². The van der Waals surface area contributed by atoms with Crippen LogP contribution in [0.4, 0.5) is 0 Å². The summed E-state index contributed by atoms with van der Waals surface area (Å²) in [5, 5.41) is 16.9. The van der Waals surface area contributed by atoms with Gasteiger partial charge in [0, 0.05) is 0 Å². The lowest BCUT2D eigenvalue weighted by atomic mass is 10.2. The number of rotatable bonds is 1. The summed E-state index contributed by atoms with van der Waals surface area (Å²) in [6.07, 6.45) is -1.63. The molecule has 1 fully saturated rings. The molecule has 2 N–H and O–H groups in total. The van der Waals surface area contributed by atoms with E-state index in [0.29, 0.717) is 0 Å². The zero-order chi connectivity index (χ0) is 7.23. The molecule has 0 aromatic rings. The van der Waals surface area contributed by atoms with E-state index >= 15 is 0 Å². The first-order valence-electron chi connectivity index (χ1n) is 2.68. The maximum Gasteiger partial charge on any atom is 0.252 e. The highest BCUT2D eigenvalue weighted by molar-refractivity contribution is 6.01. The van der Waals surface area contributed by atoms with E-state index in [9.17, 15) is 4.79 Å². The van der Waals surface area contributed by atoms with Gasteiger partial charge in [0.2, 0.25) is 6.41 Å². The monoisotopic (exact) mass is 131 g/mol. The molecule has 4 heteroatoms. The molecule has 1 aliphatic heterocycles. The van der Waals surface area contributed by atoms with Gasteiger partial charge in [0.15, 0.2) is 0 Å². The van der Waals surface area contributed by atoms with Gasteiger partial charge in [0.05, 0.1) is 0 Å². The van der Waals surface area contributed by atoms with Gasteiger partial charge in [-0.15, -0.1) is 0 Å². The summed E-state index contributed by atoms with van der Waals surface area (Å²) in [6, 6.07) is 0. The van der Waals surface area contributed by atoms with E-state index in [1.807, 2.05) is 0 Å². The number of hydrogen-bond donors (Lipinski definition) is 2. The van der Waals surface area contributed by atoms with Crippen LogP contribution in [0.3, 0.4) is 0 Å². The Hall–Kier alpha value is -0.610. The molecule has 0 unspecified atom stereocenters. The van der Waals surface area contributed by atoms with Crippen LogP contribution in [-0.4, -0.2) is 33.0 Å². The molecule has 0 spiro atoms. The molecule has 1 amide bonds. The predicted octanol–water partition coefficient (Wildman–Crippen LogP) is -1.12. The van der Waals surface area contributed by atoms with Gasteiger partial charge < -0.3 is 10.2 Å². The number of carbonyl (C=O) groups is 1. The van der Waals surface area contributed by atoms with Crippen LogP contribution in [-0.2, 0) is 4.79 Å². The van der Waals surface area contributed by atoms with Crippen molar-refractivity contribution < 1.29 is 15.0 Å². The third-order valence-corrected chi connectivity index (χ3v) is 1.53. The molecule has 0 aromatic heterocycles. The topological polar surface area (TPSA) is 60.5 Å². The van der Waals surface area contributed by atoms with E-state index in [0.717, 1.165) is 4.90 Å². The van der Waals surface area contributed by atoms with Gasteiger partial charge in [-0.25, -0.2) is 0 Å². The molecule has 1 rings (SSSR count). The normalized spacial score (nSPS) is 23.2. The molecule has 1 aliphatic rings. The van der Waals surface area contributed by atoms with Crippen molar-refractivity contribution in [2.75, 3.05) is 0 Å². The first kappa shape index (κ1) is 6.51. The SMILES string of the molecule is CC1(C)C(=O)N1C(O)O. The second kappa shape index (κ2) is 1.46. The Morgan fingerprint density at radius 2 is 1.89 bits per heavy atom. The summed E-state index contributed by atoms with van der Waals surface area (Å²) >= 11 is 0. The molecule has 0 atom stereocenters. The van der Waals surface area contributed by atoms with Crippen LogP contribution in [0.25, 0.3) is 0 Å². The fourth-order valence-electron chi connectivity index (χ4n) is 0.804. The molecule has 0 bridgehead atoms. The first-order chi connectivity index (χ1) is 3.98. The molecule has 1 saturated heterocycles. The maximum atomic E-state index is 10.6. The average molecular weight is 131 g/mol. The molecular formula is C5H9NO3. The highest BCUT2D eigenvalue weighted by Gasteiger charge is 2.57. The molecule has 1 heterocycles. The van der Waals surface area contributed by atoms with Crippen molar-refractivity contribution in [1.29, 1.82) is 0 Å². The highest BCUT2D eigenvalue weighted by Crippen LogP contribution is 2.33.